The van der Waals surface area contributed by atoms with Crippen LogP contribution in [-0.2, 0) is 10.3 Å². The van der Waals surface area contributed by atoms with Gasteiger partial charge in [0.05, 0.1) is 11.3 Å². The van der Waals surface area contributed by atoms with Crippen LogP contribution in [0.25, 0.3) is 0 Å². The van der Waals surface area contributed by atoms with Crippen LogP contribution >= 0.6 is 12.2 Å². The highest BCUT2D eigenvalue weighted by Gasteiger charge is 2.54. The zero-order chi connectivity index (χ0) is 20.3. The molecular formula is C21H14N2O5S. The Hall–Kier alpha value is -3.78. The summed E-state index contributed by atoms with van der Waals surface area (Å²) in [4.78, 5) is 13.0. The molecule has 3 aromatic rings. The third-order valence-electron chi connectivity index (χ3n) is 5.06. The fraction of sp³-hybridized carbons (Fsp3) is 0.0476. The van der Waals surface area contributed by atoms with E-state index in [0.29, 0.717) is 39.4 Å². The number of anilines is 1. The second-order valence-corrected chi connectivity index (χ2v) is 7.19. The number of nitrogens with one attached hydrogen (secondary N) is 1. The molecule has 0 fully saturated rings. The Labute approximate surface area is 170 Å². The number of aromatic hydroxyl groups is 2. The molecule has 0 atom stereocenters. The summed E-state index contributed by atoms with van der Waals surface area (Å²) in [7, 11) is 0. The van der Waals surface area contributed by atoms with Crippen molar-refractivity contribution in [3.05, 3.63) is 76.9 Å². The average Bonchev–Trinajstić information content (AvgIpc) is 2.95. The molecule has 8 heteroatoms. The Morgan fingerprint density at radius 3 is 2.17 bits per heavy atom. The molecule has 5 N–H and O–H groups in total. The van der Waals surface area contributed by atoms with Crippen molar-refractivity contribution in [2.24, 2.45) is 5.73 Å². The summed E-state index contributed by atoms with van der Waals surface area (Å²) in [6.07, 6.45) is 0. The third-order valence-corrected chi connectivity index (χ3v) is 5.16. The monoisotopic (exact) mass is 406 g/mol. The van der Waals surface area contributed by atoms with E-state index in [2.05, 4.69) is 5.32 Å². The Balaban J connectivity index is 1.86. The molecule has 0 aromatic heterocycles. The maximum Gasteiger partial charge on any atom is 0.342 e. The van der Waals surface area contributed by atoms with E-state index in [9.17, 15) is 15.0 Å². The normalized spacial score (nSPS) is 15.0. The van der Waals surface area contributed by atoms with E-state index in [1.165, 1.54) is 24.3 Å². The molecule has 3 aromatic carbocycles. The summed E-state index contributed by atoms with van der Waals surface area (Å²) < 4.78 is 11.9. The van der Waals surface area contributed by atoms with Gasteiger partial charge in [-0.3, -0.25) is 0 Å². The number of phenols is 2. The van der Waals surface area contributed by atoms with Gasteiger partial charge in [-0.05, 0) is 42.5 Å². The van der Waals surface area contributed by atoms with Crippen molar-refractivity contribution in [3.8, 4) is 23.0 Å². The molecule has 2 aliphatic rings. The van der Waals surface area contributed by atoms with Crippen LogP contribution in [0.2, 0.25) is 0 Å². The Morgan fingerprint density at radius 1 is 0.966 bits per heavy atom. The number of nitrogens with two attached hydrogens (primary N) is 1. The molecule has 0 unspecified atom stereocenters. The van der Waals surface area contributed by atoms with Crippen LogP contribution in [0.4, 0.5) is 5.69 Å². The first-order valence-electron chi connectivity index (χ1n) is 8.68. The number of carbonyl (C=O) groups excluding carboxylic acids is 1. The molecule has 0 radical (unpaired) electrons. The number of phenolic OH excluding ortho intramolecular Hbond substituents is 2. The fourth-order valence-electron chi connectivity index (χ4n) is 3.98. The molecular weight excluding hydrogens is 392 g/mol. The SMILES string of the molecule is NC(=S)Nc1cccc2c1C(=O)OC21c2ccc(O)cc2Oc2cc(O)ccc21. The minimum atomic E-state index is -1.31. The van der Waals surface area contributed by atoms with Gasteiger partial charge in [-0.2, -0.15) is 0 Å². The van der Waals surface area contributed by atoms with Gasteiger partial charge in [-0.25, -0.2) is 4.79 Å². The van der Waals surface area contributed by atoms with Crippen molar-refractivity contribution in [1.29, 1.82) is 0 Å². The summed E-state index contributed by atoms with van der Waals surface area (Å²) in [5.74, 6) is 0.0686. The summed E-state index contributed by atoms with van der Waals surface area (Å²) in [5, 5.41) is 22.7. The quantitative estimate of drug-likeness (QED) is 0.360. The maximum absolute atomic E-state index is 13.0. The van der Waals surface area contributed by atoms with E-state index < -0.39 is 11.6 Å². The van der Waals surface area contributed by atoms with E-state index in [1.54, 1.807) is 30.3 Å². The van der Waals surface area contributed by atoms with Gasteiger partial charge in [0.2, 0.25) is 0 Å². The molecule has 5 rings (SSSR count). The molecule has 144 valence electrons. The maximum atomic E-state index is 13.0. The minimum Gasteiger partial charge on any atom is -0.508 e. The lowest BCUT2D eigenvalue weighted by Crippen LogP contribution is -2.32. The smallest absolute Gasteiger partial charge is 0.342 e. The first-order valence-corrected chi connectivity index (χ1v) is 9.09. The van der Waals surface area contributed by atoms with Crippen molar-refractivity contribution in [2.75, 3.05) is 5.32 Å². The molecule has 29 heavy (non-hydrogen) atoms. The van der Waals surface area contributed by atoms with Gasteiger partial charge in [0.1, 0.15) is 23.0 Å². The second kappa shape index (κ2) is 5.86. The van der Waals surface area contributed by atoms with Crippen LogP contribution in [0.3, 0.4) is 0 Å². The lowest BCUT2D eigenvalue weighted by Gasteiger charge is -2.36. The first kappa shape index (κ1) is 17.3. The lowest BCUT2D eigenvalue weighted by atomic mass is 9.77. The summed E-state index contributed by atoms with van der Waals surface area (Å²) >= 11 is 4.93. The van der Waals surface area contributed by atoms with Crippen LogP contribution in [0.5, 0.6) is 23.0 Å². The van der Waals surface area contributed by atoms with Crippen LogP contribution < -0.4 is 15.8 Å². The van der Waals surface area contributed by atoms with E-state index >= 15 is 0 Å². The van der Waals surface area contributed by atoms with Crippen LogP contribution in [0, 0.1) is 0 Å². The number of benzene rings is 3. The van der Waals surface area contributed by atoms with Gasteiger partial charge < -0.3 is 30.7 Å². The zero-order valence-electron chi connectivity index (χ0n) is 14.8. The highest BCUT2D eigenvalue weighted by molar-refractivity contribution is 7.80. The number of hydrogen-bond acceptors (Lipinski definition) is 6. The molecule has 1 spiro atoms. The number of thiocarbonyl (C=S) groups is 1. The summed E-state index contributed by atoms with van der Waals surface area (Å²) in [6, 6.07) is 14.4. The molecule has 0 aliphatic carbocycles. The van der Waals surface area contributed by atoms with Crippen molar-refractivity contribution in [3.63, 3.8) is 0 Å². The second-order valence-electron chi connectivity index (χ2n) is 6.75. The minimum absolute atomic E-state index is 0.00375. The highest BCUT2D eigenvalue weighted by Crippen LogP contribution is 2.57. The van der Waals surface area contributed by atoms with E-state index in [1.807, 2.05) is 0 Å². The van der Waals surface area contributed by atoms with Crippen LogP contribution in [0.15, 0.2) is 54.6 Å². The fourth-order valence-corrected chi connectivity index (χ4v) is 4.09. The van der Waals surface area contributed by atoms with Crippen LogP contribution in [0.1, 0.15) is 27.0 Å². The van der Waals surface area contributed by atoms with Gasteiger partial charge in [0.25, 0.3) is 0 Å². The predicted molar refractivity (Wildman–Crippen MR) is 108 cm³/mol. The molecule has 0 saturated carbocycles. The average molecular weight is 406 g/mol. The molecule has 7 nitrogen and oxygen atoms in total. The highest BCUT2D eigenvalue weighted by atomic mass is 32.1. The van der Waals surface area contributed by atoms with Gasteiger partial charge in [-0.1, -0.05) is 12.1 Å². The molecule has 2 heterocycles. The standard InChI is InChI=1S/C21H14N2O5S/c22-20(29)23-15-3-1-2-14-18(15)19(26)28-21(14)12-6-4-10(24)8-16(12)27-17-9-11(25)5-7-13(17)21/h1-9,24-25H,(H3,22,23,29). The predicted octanol–water partition coefficient (Wildman–Crippen LogP) is 3.32. The number of hydrogen-bond donors (Lipinski definition) is 4. The summed E-state index contributed by atoms with van der Waals surface area (Å²) in [5.41, 5.74) is 6.71. The number of ether oxygens (including phenoxy) is 2. The molecule has 2 aliphatic heterocycles. The number of esters is 1. The van der Waals surface area contributed by atoms with Crippen LogP contribution in [-0.4, -0.2) is 21.3 Å². The zero-order valence-corrected chi connectivity index (χ0v) is 15.6. The van der Waals surface area contributed by atoms with Crippen molar-refractivity contribution >= 4 is 29.0 Å². The Bertz CT molecular complexity index is 1170. The third kappa shape index (κ3) is 2.36. The van der Waals surface area contributed by atoms with Gasteiger partial charge in [-0.15, -0.1) is 0 Å². The first-order chi connectivity index (χ1) is 13.9. The molecule has 0 saturated heterocycles. The molecule has 0 amide bonds. The van der Waals surface area contributed by atoms with Gasteiger partial charge in [0, 0.05) is 28.8 Å². The van der Waals surface area contributed by atoms with Crippen molar-refractivity contribution in [2.45, 2.75) is 5.60 Å². The van der Waals surface area contributed by atoms with E-state index in [0.717, 1.165) is 0 Å². The summed E-state index contributed by atoms with van der Waals surface area (Å²) in [6.45, 7) is 0. The largest absolute Gasteiger partial charge is 0.508 e. The van der Waals surface area contributed by atoms with Crippen molar-refractivity contribution in [1.82, 2.24) is 0 Å². The number of rotatable bonds is 1. The van der Waals surface area contributed by atoms with Gasteiger partial charge >= 0.3 is 5.97 Å². The van der Waals surface area contributed by atoms with E-state index in [-0.39, 0.29) is 16.6 Å². The topological polar surface area (TPSA) is 114 Å². The van der Waals surface area contributed by atoms with Crippen molar-refractivity contribution < 1.29 is 24.5 Å². The Morgan fingerprint density at radius 2 is 1.59 bits per heavy atom. The van der Waals surface area contributed by atoms with Gasteiger partial charge in [0.15, 0.2) is 10.7 Å². The number of fused-ring (bicyclic) bond motifs is 6. The Kier molecular flexibility index (Phi) is 3.50. The van der Waals surface area contributed by atoms with E-state index in [4.69, 9.17) is 27.4 Å². The number of carbonyl (C=O) groups is 1. The molecule has 0 bridgehead atoms. The lowest BCUT2D eigenvalue weighted by molar-refractivity contribution is 0.0224.